The van der Waals surface area contributed by atoms with Crippen molar-refractivity contribution < 1.29 is 13.2 Å². The molecular formula is C17H22F3N3. The number of nitrogens with one attached hydrogen (secondary N) is 1. The minimum absolute atomic E-state index is 0.0339. The van der Waals surface area contributed by atoms with Gasteiger partial charge in [-0.25, -0.2) is 9.97 Å². The monoisotopic (exact) mass is 325 g/mol. The zero-order chi connectivity index (χ0) is 17.5. The average Bonchev–Trinajstić information content (AvgIpc) is 2.34. The summed E-state index contributed by atoms with van der Waals surface area (Å²) in [5, 5.41) is 3.76. The van der Waals surface area contributed by atoms with E-state index >= 15 is 0 Å². The molecule has 6 heteroatoms. The van der Waals surface area contributed by atoms with Crippen molar-refractivity contribution in [3.05, 3.63) is 30.1 Å². The Morgan fingerprint density at radius 1 is 0.957 bits per heavy atom. The minimum atomic E-state index is -4.57. The molecule has 0 aliphatic carbocycles. The number of anilines is 1. The number of fused-ring (bicyclic) bond motifs is 1. The summed E-state index contributed by atoms with van der Waals surface area (Å²) in [6, 6.07) is 6.72. The number of alkyl halides is 3. The largest absolute Gasteiger partial charge is 0.451 e. The molecule has 0 spiro atoms. The third-order valence-corrected chi connectivity index (χ3v) is 3.29. The van der Waals surface area contributed by atoms with Crippen LogP contribution in [0.2, 0.25) is 0 Å². The van der Waals surface area contributed by atoms with E-state index in [4.69, 9.17) is 0 Å². The minimum Gasteiger partial charge on any atom is -0.365 e. The molecule has 0 aliphatic rings. The number of rotatable bonds is 3. The predicted octanol–water partition coefficient (Wildman–Crippen LogP) is 5.28. The molecule has 0 fully saturated rings. The summed E-state index contributed by atoms with van der Waals surface area (Å²) in [4.78, 5) is 7.38. The van der Waals surface area contributed by atoms with Gasteiger partial charge in [0, 0.05) is 10.9 Å². The van der Waals surface area contributed by atoms with Crippen molar-refractivity contribution in [3.63, 3.8) is 0 Å². The fourth-order valence-corrected chi connectivity index (χ4v) is 2.99. The smallest absolute Gasteiger partial charge is 0.365 e. The number of hydrogen-bond donors (Lipinski definition) is 1. The van der Waals surface area contributed by atoms with Crippen molar-refractivity contribution >= 4 is 16.7 Å². The second-order valence-electron chi connectivity index (χ2n) is 7.66. The van der Waals surface area contributed by atoms with Crippen molar-refractivity contribution in [1.29, 1.82) is 0 Å². The highest BCUT2D eigenvalue weighted by atomic mass is 19.4. The first-order chi connectivity index (χ1) is 10.4. The van der Waals surface area contributed by atoms with Crippen molar-refractivity contribution in [3.8, 4) is 0 Å². The molecule has 0 bridgehead atoms. The first-order valence-electron chi connectivity index (χ1n) is 7.50. The van der Waals surface area contributed by atoms with E-state index in [0.29, 0.717) is 5.39 Å². The molecule has 0 atom stereocenters. The Balaban J connectivity index is 2.50. The zero-order valence-corrected chi connectivity index (χ0v) is 14.0. The maximum Gasteiger partial charge on any atom is 0.451 e. The molecule has 1 aromatic carbocycles. The number of nitrogens with zero attached hydrogens (tertiary/aromatic N) is 2. The summed E-state index contributed by atoms with van der Waals surface area (Å²) >= 11 is 0. The van der Waals surface area contributed by atoms with E-state index in [1.165, 1.54) is 0 Å². The molecule has 0 saturated heterocycles. The van der Waals surface area contributed by atoms with E-state index in [1.807, 2.05) is 13.8 Å². The summed E-state index contributed by atoms with van der Waals surface area (Å²) in [6.45, 7) is 10.2. The molecule has 0 unspecified atom stereocenters. The van der Waals surface area contributed by atoms with Crippen LogP contribution in [0.1, 0.15) is 46.9 Å². The van der Waals surface area contributed by atoms with Crippen molar-refractivity contribution in [1.82, 2.24) is 9.97 Å². The zero-order valence-electron chi connectivity index (χ0n) is 14.0. The highest BCUT2D eigenvalue weighted by Gasteiger charge is 2.36. The Morgan fingerprint density at radius 3 is 2.13 bits per heavy atom. The van der Waals surface area contributed by atoms with Gasteiger partial charge in [0.15, 0.2) is 0 Å². The van der Waals surface area contributed by atoms with Crippen LogP contribution < -0.4 is 5.32 Å². The van der Waals surface area contributed by atoms with Crippen LogP contribution in [0, 0.1) is 5.41 Å². The summed E-state index contributed by atoms with van der Waals surface area (Å²) < 4.78 is 39.1. The molecule has 1 N–H and O–H groups in total. The first kappa shape index (κ1) is 17.5. The van der Waals surface area contributed by atoms with Gasteiger partial charge in [0.05, 0.1) is 5.52 Å². The van der Waals surface area contributed by atoms with Gasteiger partial charge in [-0.05, 0) is 37.8 Å². The second-order valence-corrected chi connectivity index (χ2v) is 7.66. The van der Waals surface area contributed by atoms with E-state index in [1.54, 1.807) is 24.3 Å². The average molecular weight is 325 g/mol. The SMILES string of the molecule is CC(C)(C)CC(C)(C)Nc1nc(C(F)(F)F)nc2ccccc12. The van der Waals surface area contributed by atoms with Gasteiger partial charge in [-0.2, -0.15) is 13.2 Å². The maximum absolute atomic E-state index is 13.0. The quantitative estimate of drug-likeness (QED) is 0.835. The van der Waals surface area contributed by atoms with E-state index in [2.05, 4.69) is 36.1 Å². The lowest BCUT2D eigenvalue weighted by molar-refractivity contribution is -0.144. The fourth-order valence-electron chi connectivity index (χ4n) is 2.99. The van der Waals surface area contributed by atoms with Gasteiger partial charge in [-0.1, -0.05) is 32.9 Å². The molecule has 23 heavy (non-hydrogen) atoms. The van der Waals surface area contributed by atoms with Gasteiger partial charge in [-0.3, -0.25) is 0 Å². The lowest BCUT2D eigenvalue weighted by atomic mass is 9.82. The van der Waals surface area contributed by atoms with Crippen LogP contribution in [0.3, 0.4) is 0 Å². The molecule has 0 aliphatic heterocycles. The first-order valence-corrected chi connectivity index (χ1v) is 7.50. The Labute approximate surface area is 134 Å². The standard InChI is InChI=1S/C17H22F3N3/c1-15(2,3)10-16(4,5)23-13-11-8-6-7-9-12(11)21-14(22-13)17(18,19)20/h6-9H,10H2,1-5H3,(H,21,22,23). The van der Waals surface area contributed by atoms with Gasteiger partial charge < -0.3 is 5.32 Å². The molecule has 2 aromatic rings. The molecule has 126 valence electrons. The molecular weight excluding hydrogens is 303 g/mol. The van der Waals surface area contributed by atoms with E-state index in [-0.39, 0.29) is 16.7 Å². The predicted molar refractivity (Wildman–Crippen MR) is 86.3 cm³/mol. The lowest BCUT2D eigenvalue weighted by Crippen LogP contribution is -2.36. The molecule has 0 amide bonds. The van der Waals surface area contributed by atoms with Gasteiger partial charge in [-0.15, -0.1) is 0 Å². The molecule has 2 rings (SSSR count). The molecule has 1 heterocycles. The second kappa shape index (κ2) is 5.65. The summed E-state index contributed by atoms with van der Waals surface area (Å²) in [7, 11) is 0. The number of hydrogen-bond acceptors (Lipinski definition) is 3. The summed E-state index contributed by atoms with van der Waals surface area (Å²) in [5.41, 5.74) is -0.0892. The van der Waals surface area contributed by atoms with Crippen LogP contribution in [0.25, 0.3) is 10.9 Å². The highest BCUT2D eigenvalue weighted by molar-refractivity contribution is 5.89. The van der Waals surface area contributed by atoms with Crippen LogP contribution in [0.5, 0.6) is 0 Å². The highest BCUT2D eigenvalue weighted by Crippen LogP contribution is 2.34. The van der Waals surface area contributed by atoms with Crippen LogP contribution in [-0.2, 0) is 6.18 Å². The molecule has 0 saturated carbocycles. The van der Waals surface area contributed by atoms with Crippen molar-refractivity contribution in [2.45, 2.75) is 52.8 Å². The van der Waals surface area contributed by atoms with E-state index in [9.17, 15) is 13.2 Å². The van der Waals surface area contributed by atoms with Crippen molar-refractivity contribution in [2.24, 2.45) is 5.41 Å². The van der Waals surface area contributed by atoms with Gasteiger partial charge in [0.25, 0.3) is 0 Å². The third kappa shape index (κ3) is 4.56. The van der Waals surface area contributed by atoms with Crippen LogP contribution in [0.4, 0.5) is 19.0 Å². The number of halogens is 3. The Bertz CT molecular complexity index is 700. The summed E-state index contributed by atoms with van der Waals surface area (Å²) in [5.74, 6) is -0.901. The van der Waals surface area contributed by atoms with Crippen LogP contribution in [0.15, 0.2) is 24.3 Å². The number of benzene rings is 1. The number of aromatic nitrogens is 2. The Kier molecular flexibility index (Phi) is 4.30. The Morgan fingerprint density at radius 2 is 1.57 bits per heavy atom. The van der Waals surface area contributed by atoms with Crippen LogP contribution in [-0.4, -0.2) is 15.5 Å². The van der Waals surface area contributed by atoms with E-state index < -0.39 is 17.5 Å². The topological polar surface area (TPSA) is 37.8 Å². The lowest BCUT2D eigenvalue weighted by Gasteiger charge is -2.34. The summed E-state index contributed by atoms with van der Waals surface area (Å²) in [6.07, 6.45) is -3.80. The molecule has 0 radical (unpaired) electrons. The third-order valence-electron chi connectivity index (χ3n) is 3.29. The number of para-hydroxylation sites is 1. The van der Waals surface area contributed by atoms with Crippen LogP contribution >= 0.6 is 0 Å². The van der Waals surface area contributed by atoms with Crippen molar-refractivity contribution in [2.75, 3.05) is 5.32 Å². The molecule has 3 nitrogen and oxygen atoms in total. The fraction of sp³-hybridized carbons (Fsp3) is 0.529. The van der Waals surface area contributed by atoms with E-state index in [0.717, 1.165) is 6.42 Å². The van der Waals surface area contributed by atoms with Gasteiger partial charge in [0.2, 0.25) is 5.82 Å². The Hall–Kier alpha value is -1.85. The van der Waals surface area contributed by atoms with Gasteiger partial charge >= 0.3 is 6.18 Å². The maximum atomic E-state index is 13.0. The normalized spacial score (nSPS) is 13.4. The van der Waals surface area contributed by atoms with Gasteiger partial charge in [0.1, 0.15) is 5.82 Å². The molecule has 1 aromatic heterocycles.